The van der Waals surface area contributed by atoms with Gasteiger partial charge >= 0.3 is 5.63 Å². The van der Waals surface area contributed by atoms with Crippen LogP contribution in [0, 0.1) is 0 Å². The average molecular weight is 423 g/mol. The lowest BCUT2D eigenvalue weighted by atomic mass is 10.0. The molecule has 1 aliphatic heterocycles. The van der Waals surface area contributed by atoms with Crippen LogP contribution in [0.1, 0.15) is 43.6 Å². The number of ketones is 1. The molecule has 30 heavy (non-hydrogen) atoms. The topological polar surface area (TPSA) is 83.7 Å². The number of fused-ring (bicyclic) bond motifs is 2. The third-order valence-corrected chi connectivity index (χ3v) is 6.83. The fourth-order valence-corrected chi connectivity index (χ4v) is 5.19. The number of carbonyl (C=O) groups is 2. The van der Waals surface area contributed by atoms with Gasteiger partial charge in [-0.3, -0.25) is 14.5 Å². The second-order valence-electron chi connectivity index (χ2n) is 7.71. The number of aromatic nitrogens is 1. The maximum absolute atomic E-state index is 12.9. The van der Waals surface area contributed by atoms with Gasteiger partial charge in [0.25, 0.3) is 5.91 Å². The summed E-state index contributed by atoms with van der Waals surface area (Å²) < 4.78 is 5.31. The zero-order chi connectivity index (χ0) is 20.7. The van der Waals surface area contributed by atoms with E-state index in [1.54, 1.807) is 23.1 Å². The van der Waals surface area contributed by atoms with Gasteiger partial charge in [0.1, 0.15) is 16.2 Å². The minimum Gasteiger partial charge on any atom is -0.422 e. The number of carbonyl (C=O) groups excluding carboxylic acids is 2. The summed E-state index contributed by atoms with van der Waals surface area (Å²) >= 11 is 1.51. The molecule has 154 valence electrons. The second kappa shape index (κ2) is 7.77. The van der Waals surface area contributed by atoms with Crippen LogP contribution in [-0.4, -0.2) is 52.7 Å². The average Bonchev–Trinajstić information content (AvgIpc) is 3.17. The van der Waals surface area contributed by atoms with Crippen LogP contribution in [0.15, 0.2) is 39.5 Å². The highest BCUT2D eigenvalue weighted by atomic mass is 32.1. The Labute approximate surface area is 176 Å². The summed E-state index contributed by atoms with van der Waals surface area (Å²) in [4.78, 5) is 46.6. The van der Waals surface area contributed by atoms with Crippen LogP contribution in [0.3, 0.4) is 0 Å². The highest BCUT2D eigenvalue weighted by Crippen LogP contribution is 2.27. The van der Waals surface area contributed by atoms with Crippen molar-refractivity contribution in [2.75, 3.05) is 26.2 Å². The molecule has 3 heterocycles. The van der Waals surface area contributed by atoms with Crippen molar-refractivity contribution in [3.8, 4) is 0 Å². The first-order valence-electron chi connectivity index (χ1n) is 10.1. The molecule has 1 aromatic carbocycles. The van der Waals surface area contributed by atoms with Gasteiger partial charge < -0.3 is 9.32 Å². The van der Waals surface area contributed by atoms with Crippen LogP contribution in [-0.2, 0) is 13.0 Å². The first-order valence-corrected chi connectivity index (χ1v) is 11.0. The summed E-state index contributed by atoms with van der Waals surface area (Å²) in [6.45, 7) is 3.15. The zero-order valence-corrected chi connectivity index (χ0v) is 17.2. The van der Waals surface area contributed by atoms with Crippen LogP contribution < -0.4 is 5.63 Å². The fraction of sp³-hybridized carbons (Fsp3) is 0.364. The van der Waals surface area contributed by atoms with Crippen molar-refractivity contribution in [1.82, 2.24) is 14.8 Å². The van der Waals surface area contributed by atoms with Crippen LogP contribution in [0.5, 0.6) is 0 Å². The van der Waals surface area contributed by atoms with Gasteiger partial charge in [-0.25, -0.2) is 9.78 Å². The molecule has 0 radical (unpaired) electrons. The Bertz CT molecular complexity index is 1190. The van der Waals surface area contributed by atoms with Crippen LogP contribution >= 0.6 is 11.3 Å². The summed E-state index contributed by atoms with van der Waals surface area (Å²) in [7, 11) is 0. The molecule has 5 rings (SSSR count). The Morgan fingerprint density at radius 1 is 1.10 bits per heavy atom. The number of amides is 1. The van der Waals surface area contributed by atoms with E-state index in [1.807, 2.05) is 12.1 Å². The molecule has 0 N–H and O–H groups in total. The first kappa shape index (κ1) is 19.1. The molecular formula is C22H21N3O4S. The summed E-state index contributed by atoms with van der Waals surface area (Å²) in [5.41, 5.74) is 0.906. The van der Waals surface area contributed by atoms with Gasteiger partial charge in [0.15, 0.2) is 5.78 Å². The first-order chi connectivity index (χ1) is 14.6. The number of thiazole rings is 1. The number of hydrogen-bond donors (Lipinski definition) is 0. The molecule has 2 aromatic heterocycles. The Hall–Kier alpha value is -2.84. The summed E-state index contributed by atoms with van der Waals surface area (Å²) in [5, 5.41) is 1.70. The van der Waals surface area contributed by atoms with Crippen molar-refractivity contribution in [3.63, 3.8) is 0 Å². The predicted octanol–water partition coefficient (Wildman–Crippen LogP) is 2.73. The van der Waals surface area contributed by atoms with E-state index in [0.717, 1.165) is 33.8 Å². The van der Waals surface area contributed by atoms with Gasteiger partial charge in [0.2, 0.25) is 0 Å². The fourth-order valence-electron chi connectivity index (χ4n) is 4.07. The molecule has 2 aliphatic rings. The van der Waals surface area contributed by atoms with Crippen molar-refractivity contribution in [3.05, 3.63) is 61.9 Å². The molecule has 0 atom stereocenters. The highest BCUT2D eigenvalue weighted by Gasteiger charge is 2.27. The molecule has 7 nitrogen and oxygen atoms in total. The van der Waals surface area contributed by atoms with E-state index in [4.69, 9.17) is 4.42 Å². The largest absolute Gasteiger partial charge is 0.422 e. The maximum Gasteiger partial charge on any atom is 0.349 e. The van der Waals surface area contributed by atoms with E-state index >= 15 is 0 Å². The maximum atomic E-state index is 12.9. The van der Waals surface area contributed by atoms with Gasteiger partial charge in [-0.15, -0.1) is 11.3 Å². The molecule has 1 amide bonds. The van der Waals surface area contributed by atoms with Crippen LogP contribution in [0.4, 0.5) is 0 Å². The Morgan fingerprint density at radius 3 is 2.70 bits per heavy atom. The second-order valence-corrected chi connectivity index (χ2v) is 8.80. The molecule has 0 unspecified atom stereocenters. The number of nitrogens with zero attached hydrogens (tertiary/aromatic N) is 3. The molecule has 0 bridgehead atoms. The number of benzene rings is 1. The molecule has 1 saturated heterocycles. The lowest BCUT2D eigenvalue weighted by Crippen LogP contribution is -2.49. The normalized spacial score (nSPS) is 17.3. The molecule has 0 spiro atoms. The SMILES string of the molecule is O=C1CCCc2nc(CN3CCN(C(=O)c4cc5ccccc5oc4=O)CC3)sc21. The van der Waals surface area contributed by atoms with Gasteiger partial charge in [-0.05, 0) is 25.0 Å². The van der Waals surface area contributed by atoms with Gasteiger partial charge in [0, 0.05) is 38.0 Å². The number of hydrogen-bond acceptors (Lipinski definition) is 7. The highest BCUT2D eigenvalue weighted by molar-refractivity contribution is 7.13. The van der Waals surface area contributed by atoms with Crippen LogP contribution in [0.25, 0.3) is 11.0 Å². The minimum atomic E-state index is -0.598. The number of Topliss-reactive ketones (excluding diaryl/α,β-unsaturated/α-hetero) is 1. The van der Waals surface area contributed by atoms with Crippen molar-refractivity contribution in [2.45, 2.75) is 25.8 Å². The Morgan fingerprint density at radius 2 is 1.90 bits per heavy atom. The van der Waals surface area contributed by atoms with E-state index < -0.39 is 5.63 Å². The third-order valence-electron chi connectivity index (χ3n) is 5.70. The van der Waals surface area contributed by atoms with Crippen molar-refractivity contribution >= 4 is 34.0 Å². The van der Waals surface area contributed by atoms with Gasteiger partial charge in [-0.1, -0.05) is 18.2 Å². The number of aryl methyl sites for hydroxylation is 1. The molecule has 1 aliphatic carbocycles. The molecule has 1 fully saturated rings. The predicted molar refractivity (Wildman–Crippen MR) is 113 cm³/mol. The molecular weight excluding hydrogens is 402 g/mol. The number of para-hydroxylation sites is 1. The lowest BCUT2D eigenvalue weighted by molar-refractivity contribution is 0.0624. The summed E-state index contributed by atoms with van der Waals surface area (Å²) in [6.07, 6.45) is 2.39. The van der Waals surface area contributed by atoms with Crippen molar-refractivity contribution in [1.29, 1.82) is 0 Å². The Balaban J connectivity index is 1.25. The number of piperazine rings is 1. The molecule has 0 saturated carbocycles. The summed E-state index contributed by atoms with van der Waals surface area (Å²) in [6, 6.07) is 8.80. The monoisotopic (exact) mass is 423 g/mol. The van der Waals surface area contributed by atoms with Crippen molar-refractivity contribution < 1.29 is 14.0 Å². The summed E-state index contributed by atoms with van der Waals surface area (Å²) in [5.74, 6) is -0.0749. The molecule has 8 heteroatoms. The number of rotatable bonds is 3. The minimum absolute atomic E-state index is 0.0771. The lowest BCUT2D eigenvalue weighted by Gasteiger charge is -2.34. The van der Waals surface area contributed by atoms with Crippen LogP contribution in [0.2, 0.25) is 0 Å². The third kappa shape index (κ3) is 3.57. The van der Waals surface area contributed by atoms with E-state index in [-0.39, 0.29) is 17.3 Å². The van der Waals surface area contributed by atoms with Gasteiger partial charge in [0.05, 0.1) is 17.1 Å². The van der Waals surface area contributed by atoms with E-state index in [9.17, 15) is 14.4 Å². The van der Waals surface area contributed by atoms with Crippen molar-refractivity contribution in [2.24, 2.45) is 0 Å². The van der Waals surface area contributed by atoms with E-state index in [1.165, 1.54) is 11.3 Å². The zero-order valence-electron chi connectivity index (χ0n) is 16.4. The Kier molecular flexibility index (Phi) is 4.96. The standard InChI is InChI=1S/C22H21N3O4S/c26-17-6-3-5-16-20(17)30-19(23-16)13-24-8-10-25(11-9-24)21(27)15-12-14-4-1-2-7-18(14)29-22(15)28/h1-2,4,7,12H,3,5-6,8-11,13H2. The van der Waals surface area contributed by atoms with E-state index in [0.29, 0.717) is 44.7 Å². The van der Waals surface area contributed by atoms with Gasteiger partial charge in [-0.2, -0.15) is 0 Å². The molecule has 3 aromatic rings. The van der Waals surface area contributed by atoms with E-state index in [2.05, 4.69) is 9.88 Å². The smallest absolute Gasteiger partial charge is 0.349 e. The quantitative estimate of drug-likeness (QED) is 0.603.